The standard InChI is InChI=1S/C24H27N3O2/c1-18-16-22(29-26-18)13-15-27-14-5-8-23(27)24(28)25-17-19-9-11-21(12-10-19)20-6-3-2-4-7-20/h2-4,6-7,9-12,16,23H,5,8,13-15,17H2,1H3,(H,25,28)/t23-/m0/s1. The van der Waals surface area contributed by atoms with Crippen LogP contribution < -0.4 is 5.32 Å². The van der Waals surface area contributed by atoms with Crippen molar-refractivity contribution >= 4 is 5.91 Å². The van der Waals surface area contributed by atoms with Crippen molar-refractivity contribution in [3.05, 3.63) is 77.7 Å². The van der Waals surface area contributed by atoms with Crippen LogP contribution in [0.1, 0.15) is 29.9 Å². The number of rotatable bonds is 7. The van der Waals surface area contributed by atoms with Crippen LogP contribution in [0.15, 0.2) is 65.2 Å². The third-order valence-electron chi connectivity index (χ3n) is 5.52. The lowest BCUT2D eigenvalue weighted by molar-refractivity contribution is -0.125. The Kier molecular flexibility index (Phi) is 6.06. The number of carbonyl (C=O) groups is 1. The summed E-state index contributed by atoms with van der Waals surface area (Å²) < 4.78 is 5.29. The summed E-state index contributed by atoms with van der Waals surface area (Å²) in [5.41, 5.74) is 4.39. The molecule has 150 valence electrons. The van der Waals surface area contributed by atoms with Crippen LogP contribution in [-0.2, 0) is 17.8 Å². The van der Waals surface area contributed by atoms with Gasteiger partial charge in [0.15, 0.2) is 0 Å². The normalized spacial score (nSPS) is 16.8. The minimum absolute atomic E-state index is 0.0531. The maximum absolute atomic E-state index is 12.7. The first-order chi connectivity index (χ1) is 14.2. The molecule has 1 atom stereocenters. The van der Waals surface area contributed by atoms with E-state index in [1.165, 1.54) is 11.1 Å². The van der Waals surface area contributed by atoms with Crippen molar-refractivity contribution in [2.75, 3.05) is 13.1 Å². The van der Waals surface area contributed by atoms with Gasteiger partial charge in [-0.05, 0) is 43.0 Å². The number of nitrogens with one attached hydrogen (secondary N) is 1. The predicted molar refractivity (Wildman–Crippen MR) is 113 cm³/mol. The minimum atomic E-state index is -0.0531. The average Bonchev–Trinajstić information content (AvgIpc) is 3.40. The highest BCUT2D eigenvalue weighted by atomic mass is 16.5. The second kappa shape index (κ2) is 9.05. The van der Waals surface area contributed by atoms with Crippen LogP contribution in [0, 0.1) is 6.92 Å². The Morgan fingerprint density at radius 2 is 1.90 bits per heavy atom. The van der Waals surface area contributed by atoms with Crippen molar-refractivity contribution in [3.63, 3.8) is 0 Å². The van der Waals surface area contributed by atoms with E-state index in [1.54, 1.807) is 0 Å². The second-order valence-corrected chi connectivity index (χ2v) is 7.66. The summed E-state index contributed by atoms with van der Waals surface area (Å²) in [6.45, 7) is 4.25. The number of benzene rings is 2. The number of amides is 1. The number of aromatic nitrogens is 1. The van der Waals surface area contributed by atoms with E-state index in [-0.39, 0.29) is 11.9 Å². The lowest BCUT2D eigenvalue weighted by Gasteiger charge is -2.23. The molecule has 0 saturated carbocycles. The zero-order valence-electron chi connectivity index (χ0n) is 16.8. The Bertz CT molecular complexity index is 934. The third kappa shape index (κ3) is 4.93. The fourth-order valence-corrected chi connectivity index (χ4v) is 3.93. The highest BCUT2D eigenvalue weighted by molar-refractivity contribution is 5.82. The molecular weight excluding hydrogens is 362 g/mol. The van der Waals surface area contributed by atoms with Crippen LogP contribution in [0.3, 0.4) is 0 Å². The molecule has 1 amide bonds. The first kappa shape index (κ1) is 19.4. The molecule has 1 saturated heterocycles. The summed E-state index contributed by atoms with van der Waals surface area (Å²) in [5, 5.41) is 7.05. The maximum atomic E-state index is 12.7. The fourth-order valence-electron chi connectivity index (χ4n) is 3.93. The number of likely N-dealkylation sites (tertiary alicyclic amines) is 1. The smallest absolute Gasteiger partial charge is 0.237 e. The Morgan fingerprint density at radius 3 is 2.62 bits per heavy atom. The molecule has 3 aromatic rings. The van der Waals surface area contributed by atoms with E-state index in [4.69, 9.17) is 4.52 Å². The maximum Gasteiger partial charge on any atom is 0.237 e. The van der Waals surface area contributed by atoms with Crippen LogP contribution in [-0.4, -0.2) is 35.1 Å². The Hall–Kier alpha value is -2.92. The molecule has 5 nitrogen and oxygen atoms in total. The van der Waals surface area contributed by atoms with Gasteiger partial charge in [0.1, 0.15) is 5.76 Å². The van der Waals surface area contributed by atoms with Crippen molar-refractivity contribution in [1.82, 2.24) is 15.4 Å². The second-order valence-electron chi connectivity index (χ2n) is 7.66. The van der Waals surface area contributed by atoms with Crippen molar-refractivity contribution in [3.8, 4) is 11.1 Å². The van der Waals surface area contributed by atoms with Gasteiger partial charge in [0.2, 0.25) is 5.91 Å². The van der Waals surface area contributed by atoms with E-state index >= 15 is 0 Å². The predicted octanol–water partition coefficient (Wildman–Crippen LogP) is 3.97. The third-order valence-corrected chi connectivity index (χ3v) is 5.52. The van der Waals surface area contributed by atoms with Gasteiger partial charge < -0.3 is 9.84 Å². The Balaban J connectivity index is 1.29. The summed E-state index contributed by atoms with van der Waals surface area (Å²) in [4.78, 5) is 15.0. The van der Waals surface area contributed by atoms with E-state index < -0.39 is 0 Å². The van der Waals surface area contributed by atoms with Gasteiger partial charge in [0, 0.05) is 25.6 Å². The van der Waals surface area contributed by atoms with Gasteiger partial charge in [-0.15, -0.1) is 0 Å². The number of aryl methyl sites for hydroxylation is 1. The van der Waals surface area contributed by atoms with Crippen LogP contribution in [0.5, 0.6) is 0 Å². The minimum Gasteiger partial charge on any atom is -0.361 e. The molecule has 29 heavy (non-hydrogen) atoms. The number of nitrogens with zero attached hydrogens (tertiary/aromatic N) is 2. The largest absolute Gasteiger partial charge is 0.361 e. The van der Waals surface area contributed by atoms with E-state index in [9.17, 15) is 4.79 Å². The van der Waals surface area contributed by atoms with Crippen molar-refractivity contribution in [1.29, 1.82) is 0 Å². The van der Waals surface area contributed by atoms with Crippen molar-refractivity contribution in [2.45, 2.75) is 38.8 Å². The zero-order chi connectivity index (χ0) is 20.1. The van der Waals surface area contributed by atoms with Gasteiger partial charge in [-0.25, -0.2) is 0 Å². The molecule has 5 heteroatoms. The SMILES string of the molecule is Cc1cc(CCN2CCC[C@H]2C(=O)NCc2ccc(-c3ccccc3)cc2)on1. The van der Waals surface area contributed by atoms with Crippen molar-refractivity contribution < 1.29 is 9.32 Å². The Labute approximate surface area is 171 Å². The van der Waals surface area contributed by atoms with Crippen LogP contribution >= 0.6 is 0 Å². The van der Waals surface area contributed by atoms with Crippen molar-refractivity contribution in [2.24, 2.45) is 0 Å². The molecule has 0 bridgehead atoms. The summed E-state index contributed by atoms with van der Waals surface area (Å²) in [6, 6.07) is 20.6. The van der Waals surface area contributed by atoms with Gasteiger partial charge in [-0.3, -0.25) is 9.69 Å². The summed E-state index contributed by atoms with van der Waals surface area (Å²) in [7, 11) is 0. The topological polar surface area (TPSA) is 58.4 Å². The van der Waals surface area contributed by atoms with Gasteiger partial charge in [0.25, 0.3) is 0 Å². The fraction of sp³-hybridized carbons (Fsp3) is 0.333. The first-order valence-electron chi connectivity index (χ1n) is 10.3. The number of hydrogen-bond donors (Lipinski definition) is 1. The summed E-state index contributed by atoms with van der Waals surface area (Å²) in [5.74, 6) is 0.996. The lowest BCUT2D eigenvalue weighted by Crippen LogP contribution is -2.43. The monoisotopic (exact) mass is 389 g/mol. The quantitative estimate of drug-likeness (QED) is 0.664. The van der Waals surface area contributed by atoms with Crippen LogP contribution in [0.4, 0.5) is 0 Å². The van der Waals surface area contributed by atoms with E-state index in [2.05, 4.69) is 51.8 Å². The molecule has 1 N–H and O–H groups in total. The lowest BCUT2D eigenvalue weighted by atomic mass is 10.0. The van der Waals surface area contributed by atoms with Gasteiger partial charge in [0.05, 0.1) is 11.7 Å². The Morgan fingerprint density at radius 1 is 1.14 bits per heavy atom. The average molecular weight is 389 g/mol. The summed E-state index contributed by atoms with van der Waals surface area (Å²) in [6.07, 6.45) is 2.75. The van der Waals surface area contributed by atoms with Crippen LogP contribution in [0.2, 0.25) is 0 Å². The van der Waals surface area contributed by atoms with Gasteiger partial charge in [-0.2, -0.15) is 0 Å². The molecule has 1 aliphatic heterocycles. The molecule has 4 rings (SSSR count). The molecule has 0 unspecified atom stereocenters. The molecule has 2 aromatic carbocycles. The van der Waals surface area contributed by atoms with E-state index in [0.29, 0.717) is 6.54 Å². The number of hydrogen-bond acceptors (Lipinski definition) is 4. The zero-order valence-corrected chi connectivity index (χ0v) is 16.8. The highest BCUT2D eigenvalue weighted by Crippen LogP contribution is 2.20. The van der Waals surface area contributed by atoms with E-state index in [0.717, 1.165) is 49.4 Å². The highest BCUT2D eigenvalue weighted by Gasteiger charge is 2.30. The van der Waals surface area contributed by atoms with E-state index in [1.807, 2.05) is 31.2 Å². The molecule has 0 aliphatic carbocycles. The molecule has 2 heterocycles. The van der Waals surface area contributed by atoms with Gasteiger partial charge in [-0.1, -0.05) is 59.8 Å². The number of carbonyl (C=O) groups excluding carboxylic acids is 1. The molecule has 0 spiro atoms. The molecule has 1 fully saturated rings. The van der Waals surface area contributed by atoms with Crippen LogP contribution in [0.25, 0.3) is 11.1 Å². The van der Waals surface area contributed by atoms with Gasteiger partial charge >= 0.3 is 0 Å². The molecule has 0 radical (unpaired) electrons. The first-order valence-corrected chi connectivity index (χ1v) is 10.3. The molecule has 1 aliphatic rings. The molecular formula is C24H27N3O2. The summed E-state index contributed by atoms with van der Waals surface area (Å²) >= 11 is 0. The molecule has 1 aromatic heterocycles.